The molecule has 1 rings (SSSR count). The molecule has 1 aromatic carbocycles. The first-order chi connectivity index (χ1) is 6.74. The first-order valence-corrected chi connectivity index (χ1v) is 5.11. The summed E-state index contributed by atoms with van der Waals surface area (Å²) < 4.78 is 5.18. The van der Waals surface area contributed by atoms with Crippen LogP contribution in [-0.2, 0) is 11.2 Å². The second-order valence-corrected chi connectivity index (χ2v) is 3.45. The molecule has 1 atom stereocenters. The van der Waals surface area contributed by atoms with E-state index in [0.29, 0.717) is 11.7 Å². The van der Waals surface area contributed by atoms with E-state index in [2.05, 4.69) is 0 Å². The summed E-state index contributed by atoms with van der Waals surface area (Å²) in [5.41, 5.74) is 7.05. The van der Waals surface area contributed by atoms with Gasteiger partial charge in [0.15, 0.2) is 5.05 Å². The average molecular weight is 209 g/mol. The number of thiocarbonyl (C=S) groups is 1. The van der Waals surface area contributed by atoms with Gasteiger partial charge in [-0.1, -0.05) is 30.3 Å². The zero-order chi connectivity index (χ0) is 10.4. The molecule has 0 aliphatic carbocycles. The lowest BCUT2D eigenvalue weighted by Gasteiger charge is -2.12. The molecule has 0 aliphatic heterocycles. The molecule has 0 spiro atoms. The largest absolute Gasteiger partial charge is 0.486 e. The van der Waals surface area contributed by atoms with Gasteiger partial charge in [0.1, 0.15) is 0 Å². The van der Waals surface area contributed by atoms with E-state index < -0.39 is 0 Å². The van der Waals surface area contributed by atoms with E-state index in [1.807, 2.05) is 37.3 Å². The fraction of sp³-hybridized carbons (Fsp3) is 0.364. The Morgan fingerprint density at radius 3 is 2.64 bits per heavy atom. The molecule has 76 valence electrons. The maximum Gasteiger partial charge on any atom is 0.176 e. The lowest BCUT2D eigenvalue weighted by atomic mass is 10.1. The highest BCUT2D eigenvalue weighted by molar-refractivity contribution is 7.80. The summed E-state index contributed by atoms with van der Waals surface area (Å²) in [6.07, 6.45) is 0.736. The van der Waals surface area contributed by atoms with Crippen LogP contribution in [0.3, 0.4) is 0 Å². The summed E-state index contributed by atoms with van der Waals surface area (Å²) in [4.78, 5) is 0. The minimum Gasteiger partial charge on any atom is -0.486 e. The van der Waals surface area contributed by atoms with E-state index >= 15 is 0 Å². The highest BCUT2D eigenvalue weighted by Gasteiger charge is 2.10. The number of nitrogens with two attached hydrogens (primary N) is 1. The van der Waals surface area contributed by atoms with Crippen LogP contribution in [0, 0.1) is 0 Å². The van der Waals surface area contributed by atoms with E-state index in [-0.39, 0.29) is 6.04 Å². The third kappa shape index (κ3) is 3.44. The number of hydrogen-bond acceptors (Lipinski definition) is 3. The summed E-state index contributed by atoms with van der Waals surface area (Å²) >= 11 is 5.03. The zero-order valence-corrected chi connectivity index (χ0v) is 9.09. The van der Waals surface area contributed by atoms with Crippen LogP contribution in [0.4, 0.5) is 0 Å². The molecule has 0 heterocycles. The third-order valence-electron chi connectivity index (χ3n) is 1.89. The van der Waals surface area contributed by atoms with Gasteiger partial charge >= 0.3 is 0 Å². The molecular formula is C11H15NOS. The topological polar surface area (TPSA) is 35.2 Å². The third-order valence-corrected chi connectivity index (χ3v) is 2.31. The fourth-order valence-corrected chi connectivity index (χ4v) is 1.40. The predicted molar refractivity (Wildman–Crippen MR) is 62.3 cm³/mol. The van der Waals surface area contributed by atoms with Gasteiger partial charge < -0.3 is 10.5 Å². The van der Waals surface area contributed by atoms with Crippen LogP contribution >= 0.6 is 12.2 Å². The van der Waals surface area contributed by atoms with Gasteiger partial charge in [-0.2, -0.15) is 0 Å². The molecule has 14 heavy (non-hydrogen) atoms. The van der Waals surface area contributed by atoms with E-state index in [1.165, 1.54) is 5.56 Å². The summed E-state index contributed by atoms with van der Waals surface area (Å²) in [5.74, 6) is 0. The van der Waals surface area contributed by atoms with Crippen LogP contribution < -0.4 is 5.73 Å². The van der Waals surface area contributed by atoms with Crippen molar-refractivity contribution in [1.29, 1.82) is 0 Å². The second-order valence-electron chi connectivity index (χ2n) is 3.05. The molecule has 3 heteroatoms. The molecule has 0 radical (unpaired) electrons. The van der Waals surface area contributed by atoms with Gasteiger partial charge in [0.2, 0.25) is 0 Å². The molecular weight excluding hydrogens is 194 g/mol. The lowest BCUT2D eigenvalue weighted by molar-refractivity contribution is 0.321. The molecule has 0 saturated heterocycles. The SMILES string of the molecule is CCOC(=S)[C@@H](N)Cc1ccccc1. The van der Waals surface area contributed by atoms with Crippen LogP contribution in [0.25, 0.3) is 0 Å². The van der Waals surface area contributed by atoms with Crippen molar-refractivity contribution in [2.75, 3.05) is 6.61 Å². The van der Waals surface area contributed by atoms with Gasteiger partial charge in [-0.25, -0.2) is 0 Å². The van der Waals surface area contributed by atoms with Crippen molar-refractivity contribution in [3.05, 3.63) is 35.9 Å². The van der Waals surface area contributed by atoms with E-state index in [1.54, 1.807) is 0 Å². The standard InChI is InChI=1S/C11H15NOS/c1-2-13-11(14)10(12)8-9-6-4-3-5-7-9/h3-7,10H,2,8,12H2,1H3/t10-/m0/s1. The van der Waals surface area contributed by atoms with Crippen LogP contribution in [0.1, 0.15) is 12.5 Å². The number of benzene rings is 1. The molecule has 0 amide bonds. The second kappa shape index (κ2) is 5.73. The average Bonchev–Trinajstić information content (AvgIpc) is 2.19. The van der Waals surface area contributed by atoms with Crippen LogP contribution in [-0.4, -0.2) is 17.7 Å². The van der Waals surface area contributed by atoms with Crippen molar-refractivity contribution in [2.45, 2.75) is 19.4 Å². The highest BCUT2D eigenvalue weighted by Crippen LogP contribution is 2.03. The van der Waals surface area contributed by atoms with E-state index in [0.717, 1.165) is 6.42 Å². The first-order valence-electron chi connectivity index (χ1n) is 4.70. The van der Waals surface area contributed by atoms with Crippen molar-refractivity contribution in [3.63, 3.8) is 0 Å². The normalized spacial score (nSPS) is 12.1. The maximum atomic E-state index is 5.87. The lowest BCUT2D eigenvalue weighted by Crippen LogP contribution is -2.33. The van der Waals surface area contributed by atoms with Crippen LogP contribution in [0.5, 0.6) is 0 Å². The minimum absolute atomic E-state index is 0.188. The smallest absolute Gasteiger partial charge is 0.176 e. The van der Waals surface area contributed by atoms with Crippen molar-refractivity contribution in [2.24, 2.45) is 5.73 Å². The minimum atomic E-state index is -0.188. The van der Waals surface area contributed by atoms with Crippen molar-refractivity contribution >= 4 is 17.3 Å². The predicted octanol–water partition coefficient (Wildman–Crippen LogP) is 1.92. The van der Waals surface area contributed by atoms with Gasteiger partial charge in [-0.3, -0.25) is 0 Å². The fourth-order valence-electron chi connectivity index (χ4n) is 1.20. The van der Waals surface area contributed by atoms with Crippen molar-refractivity contribution in [3.8, 4) is 0 Å². The summed E-state index contributed by atoms with van der Waals surface area (Å²) in [6, 6.07) is 9.85. The molecule has 2 N–H and O–H groups in total. The molecule has 0 aromatic heterocycles. The summed E-state index contributed by atoms with van der Waals surface area (Å²) in [6.45, 7) is 2.49. The van der Waals surface area contributed by atoms with Gasteiger partial charge in [0.05, 0.1) is 12.6 Å². The number of ether oxygens (including phenoxy) is 1. The Labute approximate surface area is 90.1 Å². The highest BCUT2D eigenvalue weighted by atomic mass is 32.1. The Morgan fingerprint density at radius 1 is 1.43 bits per heavy atom. The van der Waals surface area contributed by atoms with Gasteiger partial charge in [0, 0.05) is 0 Å². The van der Waals surface area contributed by atoms with E-state index in [9.17, 15) is 0 Å². The molecule has 0 saturated carbocycles. The first kappa shape index (κ1) is 11.1. The van der Waals surface area contributed by atoms with Gasteiger partial charge in [-0.05, 0) is 31.1 Å². The summed E-state index contributed by atoms with van der Waals surface area (Å²) in [7, 11) is 0. The monoisotopic (exact) mass is 209 g/mol. The Balaban J connectivity index is 2.49. The number of hydrogen-bond donors (Lipinski definition) is 1. The van der Waals surface area contributed by atoms with Gasteiger partial charge in [0.25, 0.3) is 0 Å². The van der Waals surface area contributed by atoms with Crippen LogP contribution in [0.2, 0.25) is 0 Å². The zero-order valence-electron chi connectivity index (χ0n) is 8.27. The number of rotatable bonds is 4. The van der Waals surface area contributed by atoms with Crippen molar-refractivity contribution < 1.29 is 4.74 Å². The van der Waals surface area contributed by atoms with Crippen LogP contribution in [0.15, 0.2) is 30.3 Å². The molecule has 1 aromatic rings. The quantitative estimate of drug-likeness (QED) is 0.769. The van der Waals surface area contributed by atoms with E-state index in [4.69, 9.17) is 22.7 Å². The van der Waals surface area contributed by atoms with Gasteiger partial charge in [-0.15, -0.1) is 0 Å². The molecule has 0 fully saturated rings. The Bertz CT molecular complexity index is 287. The molecule has 0 unspecified atom stereocenters. The summed E-state index contributed by atoms with van der Waals surface area (Å²) in [5, 5.41) is 0.497. The molecule has 0 bridgehead atoms. The molecule has 0 aliphatic rings. The Morgan fingerprint density at radius 2 is 2.07 bits per heavy atom. The molecule has 2 nitrogen and oxygen atoms in total. The Hall–Kier alpha value is -0.930. The maximum absolute atomic E-state index is 5.87. The Kier molecular flexibility index (Phi) is 4.56. The van der Waals surface area contributed by atoms with Crippen molar-refractivity contribution in [1.82, 2.24) is 0 Å².